The van der Waals surface area contributed by atoms with Crippen molar-refractivity contribution in [2.45, 2.75) is 45.2 Å². The molecule has 2 atom stereocenters. The predicted octanol–water partition coefficient (Wildman–Crippen LogP) is 2.43. The lowest BCUT2D eigenvalue weighted by atomic mass is 9.96. The molecule has 23 heavy (non-hydrogen) atoms. The van der Waals surface area contributed by atoms with E-state index in [0.29, 0.717) is 5.92 Å². The van der Waals surface area contributed by atoms with Gasteiger partial charge in [-0.15, -0.1) is 0 Å². The van der Waals surface area contributed by atoms with Crippen LogP contribution in [0.1, 0.15) is 32.3 Å². The average molecular weight is 320 g/mol. The highest BCUT2D eigenvalue weighted by Gasteiger charge is 2.30. The number of benzene rings is 1. The summed E-state index contributed by atoms with van der Waals surface area (Å²) in [5.74, 6) is 1.15. The van der Waals surface area contributed by atoms with Crippen LogP contribution in [-0.2, 0) is 6.42 Å². The van der Waals surface area contributed by atoms with Crippen molar-refractivity contribution in [3.8, 4) is 5.75 Å². The zero-order valence-corrected chi connectivity index (χ0v) is 14.3. The van der Waals surface area contributed by atoms with Crippen molar-refractivity contribution in [3.05, 3.63) is 29.8 Å². The van der Waals surface area contributed by atoms with Gasteiger partial charge in [-0.2, -0.15) is 0 Å². The van der Waals surface area contributed by atoms with Crippen molar-refractivity contribution in [2.24, 2.45) is 5.92 Å². The Hall–Kier alpha value is -1.75. The zero-order chi connectivity index (χ0) is 16.8. The van der Waals surface area contributed by atoms with E-state index in [1.165, 1.54) is 0 Å². The molecule has 5 heteroatoms. The van der Waals surface area contributed by atoms with E-state index in [4.69, 9.17) is 4.74 Å². The molecule has 2 rings (SSSR count). The number of para-hydroxylation sites is 1. The van der Waals surface area contributed by atoms with E-state index in [2.05, 4.69) is 19.2 Å². The van der Waals surface area contributed by atoms with Crippen molar-refractivity contribution >= 4 is 6.03 Å². The Labute approximate surface area is 138 Å². The first-order valence-electron chi connectivity index (χ1n) is 8.36. The molecule has 1 aromatic rings. The molecule has 1 aliphatic heterocycles. The molecule has 0 saturated carbocycles. The molecule has 1 saturated heterocycles. The third-order valence-electron chi connectivity index (χ3n) is 4.59. The van der Waals surface area contributed by atoms with E-state index >= 15 is 0 Å². The molecule has 1 fully saturated rings. The second-order valence-electron chi connectivity index (χ2n) is 6.49. The summed E-state index contributed by atoms with van der Waals surface area (Å²) >= 11 is 0. The van der Waals surface area contributed by atoms with E-state index in [1.807, 2.05) is 24.3 Å². The maximum absolute atomic E-state index is 12.5. The summed E-state index contributed by atoms with van der Waals surface area (Å²) in [5, 5.41) is 12.5. The molecule has 128 valence electrons. The van der Waals surface area contributed by atoms with Crippen molar-refractivity contribution in [1.82, 2.24) is 10.2 Å². The highest BCUT2D eigenvalue weighted by molar-refractivity contribution is 5.75. The van der Waals surface area contributed by atoms with Gasteiger partial charge in [0.25, 0.3) is 0 Å². The van der Waals surface area contributed by atoms with Gasteiger partial charge in [-0.05, 0) is 36.8 Å². The molecule has 5 nitrogen and oxygen atoms in total. The summed E-state index contributed by atoms with van der Waals surface area (Å²) in [6.07, 6.45) is 2.56. The molecule has 0 unspecified atom stereocenters. The number of aliphatic hydroxyl groups excluding tert-OH is 1. The van der Waals surface area contributed by atoms with Crippen LogP contribution >= 0.6 is 0 Å². The van der Waals surface area contributed by atoms with E-state index in [1.54, 1.807) is 12.0 Å². The highest BCUT2D eigenvalue weighted by Crippen LogP contribution is 2.22. The minimum Gasteiger partial charge on any atom is -0.496 e. The molecule has 0 aromatic heterocycles. The van der Waals surface area contributed by atoms with Crippen LogP contribution < -0.4 is 10.1 Å². The number of likely N-dealkylation sites (tertiary alicyclic amines) is 1. The molecular formula is C18H28N2O3. The van der Waals surface area contributed by atoms with Gasteiger partial charge in [0, 0.05) is 12.6 Å². The number of carbonyl (C=O) groups is 1. The summed E-state index contributed by atoms with van der Waals surface area (Å²) in [6, 6.07) is 7.81. The van der Waals surface area contributed by atoms with Crippen molar-refractivity contribution in [1.29, 1.82) is 0 Å². The number of nitrogens with zero attached hydrogens (tertiary/aromatic N) is 1. The molecule has 2 amide bonds. The van der Waals surface area contributed by atoms with Gasteiger partial charge in [0.1, 0.15) is 5.75 Å². The second kappa shape index (κ2) is 8.20. The van der Waals surface area contributed by atoms with E-state index in [-0.39, 0.29) is 24.7 Å². The van der Waals surface area contributed by atoms with Crippen molar-refractivity contribution in [3.63, 3.8) is 0 Å². The van der Waals surface area contributed by atoms with Crippen LogP contribution in [-0.4, -0.2) is 48.4 Å². The molecule has 0 bridgehead atoms. The summed E-state index contributed by atoms with van der Waals surface area (Å²) in [4.78, 5) is 14.3. The normalized spacial score (nSPS) is 19.0. The van der Waals surface area contributed by atoms with Crippen LogP contribution in [0.4, 0.5) is 4.79 Å². The van der Waals surface area contributed by atoms with Crippen LogP contribution in [0.2, 0.25) is 0 Å². The highest BCUT2D eigenvalue weighted by atomic mass is 16.5. The largest absolute Gasteiger partial charge is 0.496 e. The minimum absolute atomic E-state index is 0.0266. The molecule has 1 aromatic carbocycles. The Morgan fingerprint density at radius 2 is 2.17 bits per heavy atom. The van der Waals surface area contributed by atoms with Gasteiger partial charge in [0.05, 0.1) is 19.8 Å². The number of nitrogens with one attached hydrogen (secondary N) is 1. The lowest BCUT2D eigenvalue weighted by Gasteiger charge is -2.29. The first-order valence-corrected chi connectivity index (χ1v) is 8.36. The lowest BCUT2D eigenvalue weighted by Crippen LogP contribution is -2.49. The molecule has 0 spiro atoms. The van der Waals surface area contributed by atoms with Crippen LogP contribution in [0.3, 0.4) is 0 Å². The van der Waals surface area contributed by atoms with Gasteiger partial charge < -0.3 is 20.1 Å². The first-order chi connectivity index (χ1) is 11.1. The van der Waals surface area contributed by atoms with E-state index in [9.17, 15) is 9.90 Å². The number of amides is 2. The molecule has 1 heterocycles. The van der Waals surface area contributed by atoms with Gasteiger partial charge in [0.2, 0.25) is 0 Å². The average Bonchev–Trinajstić information content (AvgIpc) is 3.03. The predicted molar refractivity (Wildman–Crippen MR) is 90.7 cm³/mol. The maximum atomic E-state index is 12.5. The fourth-order valence-electron chi connectivity index (χ4n) is 3.10. The Morgan fingerprint density at radius 1 is 1.43 bits per heavy atom. The van der Waals surface area contributed by atoms with Gasteiger partial charge in [-0.1, -0.05) is 32.0 Å². The Balaban J connectivity index is 2.05. The minimum atomic E-state index is -0.0739. The zero-order valence-electron chi connectivity index (χ0n) is 14.3. The summed E-state index contributed by atoms with van der Waals surface area (Å²) in [7, 11) is 1.66. The summed E-state index contributed by atoms with van der Waals surface area (Å²) < 4.78 is 5.41. The maximum Gasteiger partial charge on any atom is 0.317 e. The molecule has 0 radical (unpaired) electrons. The number of carbonyl (C=O) groups excluding carboxylic acids is 1. The SMILES string of the molecule is COc1ccccc1C[C@H](NC(=O)N1CCC[C@@H]1CO)C(C)C. The number of ether oxygens (including phenoxy) is 1. The number of rotatable bonds is 6. The standard InChI is InChI=1S/C18H28N2O3/c1-13(2)16(11-14-7-4-5-9-17(14)23-3)19-18(22)20-10-6-8-15(20)12-21/h4-5,7,9,13,15-16,21H,6,8,10-12H2,1-3H3,(H,19,22)/t15-,16+/m1/s1. The number of aliphatic hydroxyl groups is 1. The van der Waals surface area contributed by atoms with Gasteiger partial charge in [-0.3, -0.25) is 0 Å². The lowest BCUT2D eigenvalue weighted by molar-refractivity contribution is 0.152. The molecular weight excluding hydrogens is 292 g/mol. The van der Waals surface area contributed by atoms with Crippen LogP contribution in [0.15, 0.2) is 24.3 Å². The third-order valence-corrected chi connectivity index (χ3v) is 4.59. The Bertz CT molecular complexity index is 519. The topological polar surface area (TPSA) is 61.8 Å². The van der Waals surface area contributed by atoms with Crippen LogP contribution in [0.25, 0.3) is 0 Å². The quantitative estimate of drug-likeness (QED) is 0.846. The molecule has 0 aliphatic carbocycles. The fraction of sp³-hybridized carbons (Fsp3) is 0.611. The number of methoxy groups -OCH3 is 1. The van der Waals surface area contributed by atoms with Crippen LogP contribution in [0, 0.1) is 5.92 Å². The van der Waals surface area contributed by atoms with Crippen molar-refractivity contribution < 1.29 is 14.6 Å². The monoisotopic (exact) mass is 320 g/mol. The summed E-state index contributed by atoms with van der Waals surface area (Å²) in [5.41, 5.74) is 1.09. The smallest absolute Gasteiger partial charge is 0.317 e. The fourth-order valence-corrected chi connectivity index (χ4v) is 3.10. The van der Waals surface area contributed by atoms with Crippen LogP contribution in [0.5, 0.6) is 5.75 Å². The number of hydrogen-bond acceptors (Lipinski definition) is 3. The number of urea groups is 1. The Morgan fingerprint density at radius 3 is 2.83 bits per heavy atom. The second-order valence-corrected chi connectivity index (χ2v) is 6.49. The Kier molecular flexibility index (Phi) is 6.28. The first kappa shape index (κ1) is 17.6. The molecule has 1 aliphatic rings. The molecule has 2 N–H and O–H groups in total. The third kappa shape index (κ3) is 4.38. The van der Waals surface area contributed by atoms with Gasteiger partial charge >= 0.3 is 6.03 Å². The van der Waals surface area contributed by atoms with E-state index < -0.39 is 0 Å². The van der Waals surface area contributed by atoms with E-state index in [0.717, 1.165) is 37.1 Å². The number of hydrogen-bond donors (Lipinski definition) is 2. The van der Waals surface area contributed by atoms with Gasteiger partial charge in [-0.25, -0.2) is 4.79 Å². The van der Waals surface area contributed by atoms with Crippen molar-refractivity contribution in [2.75, 3.05) is 20.3 Å². The summed E-state index contributed by atoms with van der Waals surface area (Å²) in [6.45, 7) is 4.96. The van der Waals surface area contributed by atoms with Gasteiger partial charge in [0.15, 0.2) is 0 Å².